The highest BCUT2D eigenvalue weighted by Gasteiger charge is 2.33. The summed E-state index contributed by atoms with van der Waals surface area (Å²) < 4.78 is 24.5. The molecule has 20 heavy (non-hydrogen) atoms. The number of nitro groups is 1. The van der Waals surface area contributed by atoms with E-state index in [9.17, 15) is 14.5 Å². The van der Waals surface area contributed by atoms with Crippen LogP contribution in [0.1, 0.15) is 12.8 Å². The SMILES string of the molecule is O=[N+]([O-])c1cccc(F)c1OCC1(CBr)CCOCC1. The highest BCUT2D eigenvalue weighted by molar-refractivity contribution is 9.09. The number of ether oxygens (including phenoxy) is 2. The minimum Gasteiger partial charge on any atom is -0.484 e. The monoisotopic (exact) mass is 347 g/mol. The van der Waals surface area contributed by atoms with E-state index in [0.717, 1.165) is 18.9 Å². The van der Waals surface area contributed by atoms with E-state index in [1.165, 1.54) is 12.1 Å². The van der Waals surface area contributed by atoms with E-state index in [-0.39, 0.29) is 23.5 Å². The molecular formula is C13H15BrFNO4. The van der Waals surface area contributed by atoms with Crippen LogP contribution in [0.2, 0.25) is 0 Å². The summed E-state index contributed by atoms with van der Waals surface area (Å²) in [6.45, 7) is 1.46. The zero-order valence-corrected chi connectivity index (χ0v) is 12.4. The average molecular weight is 348 g/mol. The molecule has 0 spiro atoms. The molecule has 0 aromatic heterocycles. The molecule has 0 atom stereocenters. The van der Waals surface area contributed by atoms with Crippen LogP contribution in [0.3, 0.4) is 0 Å². The van der Waals surface area contributed by atoms with Gasteiger partial charge in [-0.3, -0.25) is 10.1 Å². The van der Waals surface area contributed by atoms with Crippen LogP contribution in [0.25, 0.3) is 0 Å². The van der Waals surface area contributed by atoms with Gasteiger partial charge in [-0.05, 0) is 18.9 Å². The predicted octanol–water partition coefficient (Wildman–Crippen LogP) is 3.30. The molecule has 7 heteroatoms. The minimum atomic E-state index is -0.712. The van der Waals surface area contributed by atoms with Crippen molar-refractivity contribution in [3.63, 3.8) is 0 Å². The molecule has 0 N–H and O–H groups in total. The summed E-state index contributed by atoms with van der Waals surface area (Å²) in [5.41, 5.74) is -0.518. The molecule has 1 aromatic rings. The predicted molar refractivity (Wildman–Crippen MR) is 74.8 cm³/mol. The lowest BCUT2D eigenvalue weighted by Gasteiger charge is -2.35. The third kappa shape index (κ3) is 3.27. The van der Waals surface area contributed by atoms with Gasteiger partial charge in [0.05, 0.1) is 11.5 Å². The van der Waals surface area contributed by atoms with Gasteiger partial charge >= 0.3 is 5.69 Å². The van der Waals surface area contributed by atoms with E-state index >= 15 is 0 Å². The van der Waals surface area contributed by atoms with Gasteiger partial charge in [-0.25, -0.2) is 4.39 Å². The Bertz CT molecular complexity index is 491. The maximum absolute atomic E-state index is 13.7. The molecule has 1 aromatic carbocycles. The molecule has 0 saturated carbocycles. The Hall–Kier alpha value is -1.21. The lowest BCUT2D eigenvalue weighted by Crippen LogP contribution is -2.36. The Balaban J connectivity index is 2.15. The maximum Gasteiger partial charge on any atom is 0.314 e. The largest absolute Gasteiger partial charge is 0.484 e. The van der Waals surface area contributed by atoms with Gasteiger partial charge in [0, 0.05) is 30.0 Å². The molecular weight excluding hydrogens is 333 g/mol. The standard InChI is InChI=1S/C13H15BrFNO4/c14-8-13(4-6-19-7-5-13)9-20-12-10(15)2-1-3-11(12)16(17)18/h1-3H,4-9H2. The summed E-state index contributed by atoms with van der Waals surface area (Å²) >= 11 is 3.44. The van der Waals surface area contributed by atoms with Crippen LogP contribution in [0.5, 0.6) is 5.75 Å². The summed E-state index contributed by atoms with van der Waals surface area (Å²) in [5, 5.41) is 11.6. The lowest BCUT2D eigenvalue weighted by molar-refractivity contribution is -0.386. The van der Waals surface area contributed by atoms with Gasteiger partial charge in [-0.2, -0.15) is 0 Å². The van der Waals surface area contributed by atoms with Crippen LogP contribution in [-0.4, -0.2) is 30.1 Å². The van der Waals surface area contributed by atoms with Crippen LogP contribution >= 0.6 is 15.9 Å². The zero-order valence-electron chi connectivity index (χ0n) is 10.8. The van der Waals surface area contributed by atoms with Crippen molar-refractivity contribution in [2.75, 3.05) is 25.2 Å². The Morgan fingerprint density at radius 2 is 2.15 bits per heavy atom. The van der Waals surface area contributed by atoms with Gasteiger partial charge in [0.1, 0.15) is 0 Å². The van der Waals surface area contributed by atoms with Crippen molar-refractivity contribution in [2.45, 2.75) is 12.8 Å². The fourth-order valence-electron chi connectivity index (χ4n) is 2.13. The Kier molecular flexibility index (Phi) is 4.93. The normalized spacial score (nSPS) is 17.7. The third-order valence-electron chi connectivity index (χ3n) is 3.50. The van der Waals surface area contributed by atoms with Gasteiger partial charge in [-0.15, -0.1) is 0 Å². The topological polar surface area (TPSA) is 61.6 Å². The first kappa shape index (κ1) is 15.2. The summed E-state index contributed by atoms with van der Waals surface area (Å²) in [6.07, 6.45) is 1.56. The Labute approximate surface area is 124 Å². The number of nitro benzene ring substituents is 1. The van der Waals surface area contributed by atoms with E-state index < -0.39 is 10.7 Å². The van der Waals surface area contributed by atoms with Crippen molar-refractivity contribution < 1.29 is 18.8 Å². The minimum absolute atomic E-state index is 0.172. The van der Waals surface area contributed by atoms with Crippen LogP contribution in [0, 0.1) is 21.3 Å². The van der Waals surface area contributed by atoms with E-state index in [1.807, 2.05) is 0 Å². The fraction of sp³-hybridized carbons (Fsp3) is 0.538. The first-order valence-corrected chi connectivity index (χ1v) is 7.39. The first-order valence-electron chi connectivity index (χ1n) is 6.27. The molecule has 2 rings (SSSR count). The second-order valence-corrected chi connectivity index (χ2v) is 5.44. The number of nitrogens with zero attached hydrogens (tertiary/aromatic N) is 1. The lowest BCUT2D eigenvalue weighted by atomic mass is 9.83. The molecule has 110 valence electrons. The second-order valence-electron chi connectivity index (χ2n) is 4.88. The number of alkyl halides is 1. The highest BCUT2D eigenvalue weighted by Crippen LogP contribution is 2.36. The molecule has 0 aliphatic carbocycles. The van der Waals surface area contributed by atoms with Crippen LogP contribution < -0.4 is 4.74 Å². The van der Waals surface area contributed by atoms with E-state index in [2.05, 4.69) is 15.9 Å². The first-order chi connectivity index (χ1) is 9.58. The van der Waals surface area contributed by atoms with Gasteiger partial charge in [0.2, 0.25) is 5.75 Å². The molecule has 1 heterocycles. The average Bonchev–Trinajstić information content (AvgIpc) is 2.46. The summed E-state index contributed by atoms with van der Waals surface area (Å²) in [6, 6.07) is 3.70. The number of rotatable bonds is 5. The second kappa shape index (κ2) is 6.49. The van der Waals surface area contributed by atoms with Crippen molar-refractivity contribution in [3.8, 4) is 5.75 Å². The van der Waals surface area contributed by atoms with Crippen molar-refractivity contribution in [1.29, 1.82) is 0 Å². The molecule has 0 amide bonds. The van der Waals surface area contributed by atoms with E-state index in [0.29, 0.717) is 18.5 Å². The van der Waals surface area contributed by atoms with E-state index in [1.54, 1.807) is 0 Å². The van der Waals surface area contributed by atoms with Crippen LogP contribution in [0.15, 0.2) is 18.2 Å². The summed E-state index contributed by atoms with van der Waals surface area (Å²) in [7, 11) is 0. The molecule has 1 aliphatic rings. The molecule has 1 fully saturated rings. The quantitative estimate of drug-likeness (QED) is 0.465. The molecule has 5 nitrogen and oxygen atoms in total. The summed E-state index contributed by atoms with van der Waals surface area (Å²) in [5.74, 6) is -1.000. The number of hydrogen-bond donors (Lipinski definition) is 0. The molecule has 0 unspecified atom stereocenters. The van der Waals surface area contributed by atoms with Gasteiger partial charge in [-0.1, -0.05) is 22.0 Å². The molecule has 0 bridgehead atoms. The molecule has 0 radical (unpaired) electrons. The van der Waals surface area contributed by atoms with Gasteiger partial charge < -0.3 is 9.47 Å². The molecule has 1 saturated heterocycles. The van der Waals surface area contributed by atoms with Crippen molar-refractivity contribution in [1.82, 2.24) is 0 Å². The van der Waals surface area contributed by atoms with Crippen molar-refractivity contribution in [2.24, 2.45) is 5.41 Å². The van der Waals surface area contributed by atoms with Crippen molar-refractivity contribution in [3.05, 3.63) is 34.1 Å². The van der Waals surface area contributed by atoms with E-state index in [4.69, 9.17) is 9.47 Å². The Morgan fingerprint density at radius 1 is 1.45 bits per heavy atom. The van der Waals surface area contributed by atoms with Crippen LogP contribution in [0.4, 0.5) is 10.1 Å². The summed E-state index contributed by atoms with van der Waals surface area (Å²) in [4.78, 5) is 10.3. The zero-order chi connectivity index (χ0) is 14.6. The number of benzene rings is 1. The van der Waals surface area contributed by atoms with Crippen molar-refractivity contribution >= 4 is 21.6 Å². The van der Waals surface area contributed by atoms with Crippen LogP contribution in [-0.2, 0) is 4.74 Å². The third-order valence-corrected chi connectivity index (χ3v) is 4.69. The molecule has 1 aliphatic heterocycles. The number of hydrogen-bond acceptors (Lipinski definition) is 4. The number of halogens is 2. The Morgan fingerprint density at radius 3 is 2.75 bits per heavy atom. The van der Waals surface area contributed by atoms with Gasteiger partial charge in [0.25, 0.3) is 0 Å². The smallest absolute Gasteiger partial charge is 0.314 e. The fourth-order valence-corrected chi connectivity index (χ4v) is 2.85. The highest BCUT2D eigenvalue weighted by atomic mass is 79.9. The number of para-hydroxylation sites is 1. The maximum atomic E-state index is 13.7. The van der Waals surface area contributed by atoms with Gasteiger partial charge in [0.15, 0.2) is 5.82 Å².